The van der Waals surface area contributed by atoms with Crippen molar-refractivity contribution in [3.63, 3.8) is 0 Å². The fraction of sp³-hybridized carbons (Fsp3) is 0.545. The molecule has 0 spiro atoms. The van der Waals surface area contributed by atoms with Crippen molar-refractivity contribution in [1.82, 2.24) is 9.91 Å². The number of amides is 1. The highest BCUT2D eigenvalue weighted by Crippen LogP contribution is 2.55. The number of carbonyl (C=O) groups is 3. The normalized spacial score (nSPS) is 32.1. The maximum absolute atomic E-state index is 14.5. The number of aromatic hydroxyl groups is 3. The number of rotatable bonds is 4. The van der Waals surface area contributed by atoms with Gasteiger partial charge in [0.1, 0.15) is 23.4 Å². The number of aliphatic hydroxyl groups excluding tert-OH is 1. The first-order valence-corrected chi connectivity index (χ1v) is 20.1. The van der Waals surface area contributed by atoms with Gasteiger partial charge in [0.25, 0.3) is 11.7 Å². The largest absolute Gasteiger partial charge is 0.507 e. The van der Waals surface area contributed by atoms with E-state index in [0.29, 0.717) is 13.1 Å². The summed E-state index contributed by atoms with van der Waals surface area (Å²) in [6, 6.07) is 0. The van der Waals surface area contributed by atoms with Crippen LogP contribution in [0.5, 0.6) is 23.0 Å². The molecule has 4 aliphatic rings. The van der Waals surface area contributed by atoms with E-state index in [1.54, 1.807) is 36.2 Å². The summed E-state index contributed by atoms with van der Waals surface area (Å²) in [5.74, 6) is -6.95. The van der Waals surface area contributed by atoms with Crippen molar-refractivity contribution in [2.24, 2.45) is 34.7 Å². The molecule has 1 fully saturated rings. The number of likely N-dealkylation sites (N-methyl/N-ethyl adjacent to an activating group) is 1. The molecule has 4 aliphatic heterocycles. The third-order valence-corrected chi connectivity index (χ3v) is 12.4. The molecule has 6 rings (SSSR count). The van der Waals surface area contributed by atoms with Crippen LogP contribution in [0, 0.1) is 36.5 Å². The van der Waals surface area contributed by atoms with E-state index in [1.165, 1.54) is 40.4 Å². The van der Waals surface area contributed by atoms with Crippen molar-refractivity contribution in [1.29, 1.82) is 0 Å². The zero-order valence-electron chi connectivity index (χ0n) is 35.9. The van der Waals surface area contributed by atoms with Crippen LogP contribution < -0.4 is 10.1 Å². The summed E-state index contributed by atoms with van der Waals surface area (Å²) >= 11 is 0. The predicted octanol–water partition coefficient (Wildman–Crippen LogP) is 5.61. The number of Topliss-reactive ketones (excluding diaryl/α,β-unsaturated/α-hetero) is 1. The Bertz CT molecular complexity index is 2070. The minimum atomic E-state index is -2.00. The lowest BCUT2D eigenvalue weighted by atomic mass is 9.73. The Labute approximate surface area is 345 Å². The molecule has 0 aliphatic carbocycles. The Balaban J connectivity index is 1.70. The van der Waals surface area contributed by atoms with Crippen LogP contribution in [-0.4, -0.2) is 119 Å². The maximum atomic E-state index is 14.5. The number of hydrazone groups is 1. The van der Waals surface area contributed by atoms with Gasteiger partial charge in [-0.1, -0.05) is 52.8 Å². The molecular formula is C44H60N4O11. The van der Waals surface area contributed by atoms with Crippen LogP contribution in [-0.2, 0) is 23.8 Å². The number of hydrogen-bond acceptors (Lipinski definition) is 14. The van der Waals surface area contributed by atoms with Crippen molar-refractivity contribution in [2.75, 3.05) is 45.7 Å². The van der Waals surface area contributed by atoms with Gasteiger partial charge in [0.15, 0.2) is 5.75 Å². The number of ketones is 1. The van der Waals surface area contributed by atoms with Crippen LogP contribution in [0.25, 0.3) is 10.8 Å². The third kappa shape index (κ3) is 8.92. The SMILES string of the molecule is CO[C@H]1/C=C/O[C@@]2(C)Oc3c(C)c(O)c4c(O)c(c(/C=N/N5CCN(C)CC5)c(O)c4c3C2=O)NC(=O)/C(C)=C/C=C/[C@H](C)[C@H](O)[C@@H](C)[C@@H](C)[C@@H](C)[C@H](OC(C)=O)[C@@H]1C. The minimum absolute atomic E-state index is 0.0691. The Hall–Kier alpha value is -5.12. The number of aliphatic hydroxyl groups is 1. The number of fused-ring (bicyclic) bond motifs is 14. The van der Waals surface area contributed by atoms with Crippen molar-refractivity contribution in [3.8, 4) is 23.0 Å². The molecule has 2 aromatic carbocycles. The number of ether oxygens (including phenoxy) is 4. The third-order valence-electron chi connectivity index (χ3n) is 12.4. The van der Waals surface area contributed by atoms with Gasteiger partial charge in [-0.2, -0.15) is 5.10 Å². The molecule has 5 N–H and O–H groups in total. The van der Waals surface area contributed by atoms with Gasteiger partial charge in [-0.3, -0.25) is 19.4 Å². The van der Waals surface area contributed by atoms with Gasteiger partial charge < -0.3 is 49.6 Å². The maximum Gasteiger partial charge on any atom is 0.312 e. The molecule has 9 atom stereocenters. The van der Waals surface area contributed by atoms with Crippen molar-refractivity contribution in [2.45, 2.75) is 86.4 Å². The van der Waals surface area contributed by atoms with Crippen molar-refractivity contribution < 1.29 is 53.8 Å². The fourth-order valence-corrected chi connectivity index (χ4v) is 8.14. The molecule has 322 valence electrons. The number of methoxy groups -OCH3 is 1. The molecule has 1 amide bonds. The number of benzene rings is 2. The number of phenolic OH excluding ortho intramolecular Hbond substituents is 3. The average molecular weight is 821 g/mol. The Morgan fingerprint density at radius 2 is 1.61 bits per heavy atom. The van der Waals surface area contributed by atoms with Gasteiger partial charge in [0.05, 0.1) is 46.9 Å². The van der Waals surface area contributed by atoms with E-state index >= 15 is 0 Å². The number of phenols is 3. The summed E-state index contributed by atoms with van der Waals surface area (Å²) in [4.78, 5) is 42.8. The number of allylic oxidation sites excluding steroid dienone is 2. The number of hydrogen-bond donors (Lipinski definition) is 5. The predicted molar refractivity (Wildman–Crippen MR) is 224 cm³/mol. The molecule has 2 aromatic rings. The van der Waals surface area contributed by atoms with Gasteiger partial charge in [0.2, 0.25) is 0 Å². The molecular weight excluding hydrogens is 761 g/mol. The minimum Gasteiger partial charge on any atom is -0.507 e. The summed E-state index contributed by atoms with van der Waals surface area (Å²) in [6.45, 7) is 18.0. The highest BCUT2D eigenvalue weighted by molar-refractivity contribution is 6.23. The summed E-state index contributed by atoms with van der Waals surface area (Å²) in [5.41, 5.74) is -0.198. The Kier molecular flexibility index (Phi) is 13.7. The van der Waals surface area contributed by atoms with Crippen LogP contribution >= 0.6 is 0 Å². The number of nitrogens with zero attached hydrogens (tertiary/aromatic N) is 3. The van der Waals surface area contributed by atoms with E-state index in [0.717, 1.165) is 13.1 Å². The van der Waals surface area contributed by atoms with Crippen LogP contribution in [0.15, 0.2) is 41.2 Å². The summed E-state index contributed by atoms with van der Waals surface area (Å²) < 4.78 is 23.9. The topological polar surface area (TPSA) is 200 Å². The van der Waals surface area contributed by atoms with Crippen LogP contribution in [0.3, 0.4) is 0 Å². The molecule has 15 nitrogen and oxygen atoms in total. The number of carbonyl (C=O) groups excluding carboxylic acids is 3. The first-order chi connectivity index (χ1) is 27.7. The molecule has 0 saturated carbocycles. The van der Waals surface area contributed by atoms with E-state index in [4.69, 9.17) is 18.9 Å². The van der Waals surface area contributed by atoms with Gasteiger partial charge in [0, 0.05) is 75.5 Å². The van der Waals surface area contributed by atoms with E-state index in [1.807, 2.05) is 41.7 Å². The number of anilines is 1. The first-order valence-electron chi connectivity index (χ1n) is 20.1. The summed E-state index contributed by atoms with van der Waals surface area (Å²) in [6.07, 6.45) is 7.03. The van der Waals surface area contributed by atoms with Crippen LogP contribution in [0.4, 0.5) is 5.69 Å². The van der Waals surface area contributed by atoms with Gasteiger partial charge in [-0.25, -0.2) is 0 Å². The standard InChI is InChI=1S/C44H60N4O11/c1-22-13-12-14-23(2)43(55)46-35-30(21-45-48-18-16-47(10)17-19-48)38(52)32-33(39(35)53)37(51)28(7)41-34(32)42(54)44(9,59-41)57-20-15-31(56-11)27(6)40(58-29(8)49)26(5)24(3)25(4)36(22)50/h12-15,20-22,24-27,31,36,40,50-53H,16-19H2,1-11H3,(H,46,55)/b13-12+,20-15+,23-14+,45-21+/t22-,24+,25-,26+,27+,31-,36-,40-,44-/m0/s1. The van der Waals surface area contributed by atoms with E-state index in [-0.39, 0.29) is 68.1 Å². The molecule has 15 heteroatoms. The number of esters is 1. The fourth-order valence-electron chi connectivity index (χ4n) is 8.14. The van der Waals surface area contributed by atoms with Crippen LogP contribution in [0.2, 0.25) is 0 Å². The molecule has 1 saturated heterocycles. The van der Waals surface area contributed by atoms with Crippen molar-refractivity contribution in [3.05, 3.63) is 52.8 Å². The Morgan fingerprint density at radius 3 is 2.24 bits per heavy atom. The second kappa shape index (κ2) is 18.0. The lowest BCUT2D eigenvalue weighted by Gasteiger charge is -2.39. The first kappa shape index (κ1) is 45.0. The second-order valence-electron chi connectivity index (χ2n) is 16.5. The van der Waals surface area contributed by atoms with E-state index in [9.17, 15) is 34.8 Å². The zero-order chi connectivity index (χ0) is 43.7. The number of nitrogens with one attached hydrogen (secondary N) is 1. The number of piperazine rings is 1. The summed E-state index contributed by atoms with van der Waals surface area (Å²) in [5, 5.41) is 55.6. The van der Waals surface area contributed by atoms with Gasteiger partial charge >= 0.3 is 11.8 Å². The average Bonchev–Trinajstić information content (AvgIpc) is 3.46. The molecule has 0 aromatic heterocycles. The molecule has 5 bridgehead atoms. The molecule has 0 unspecified atom stereocenters. The smallest absolute Gasteiger partial charge is 0.312 e. The lowest BCUT2D eigenvalue weighted by Crippen LogP contribution is -2.43. The van der Waals surface area contributed by atoms with E-state index in [2.05, 4.69) is 15.3 Å². The summed E-state index contributed by atoms with van der Waals surface area (Å²) in [7, 11) is 3.49. The highest BCUT2D eigenvalue weighted by atomic mass is 16.7. The highest BCUT2D eigenvalue weighted by Gasteiger charge is 2.50. The Morgan fingerprint density at radius 1 is 0.949 bits per heavy atom. The van der Waals surface area contributed by atoms with Gasteiger partial charge in [-0.15, -0.1) is 0 Å². The van der Waals surface area contributed by atoms with Crippen molar-refractivity contribution >= 4 is 40.3 Å². The zero-order valence-corrected chi connectivity index (χ0v) is 35.9. The quantitative estimate of drug-likeness (QED) is 0.111. The van der Waals surface area contributed by atoms with Gasteiger partial charge in [-0.05, 0) is 44.7 Å². The van der Waals surface area contributed by atoms with E-state index < -0.39 is 64.9 Å². The van der Waals surface area contributed by atoms with Crippen LogP contribution in [0.1, 0.15) is 76.9 Å². The monoisotopic (exact) mass is 820 g/mol. The molecule has 0 radical (unpaired) electrons. The lowest BCUT2D eigenvalue weighted by molar-refractivity contribution is -0.157. The molecule has 59 heavy (non-hydrogen) atoms. The second-order valence-corrected chi connectivity index (χ2v) is 16.5. The molecule has 4 heterocycles.